The fourth-order valence-electron chi connectivity index (χ4n) is 1.67. The van der Waals surface area contributed by atoms with Gasteiger partial charge in [0, 0.05) is 19.4 Å². The van der Waals surface area contributed by atoms with Crippen molar-refractivity contribution in [3.8, 4) is 0 Å². The summed E-state index contributed by atoms with van der Waals surface area (Å²) in [5.41, 5.74) is -0.190. The van der Waals surface area contributed by atoms with E-state index in [1.54, 1.807) is 0 Å². The van der Waals surface area contributed by atoms with Crippen LogP contribution in [0.1, 0.15) is 33.6 Å². The molecule has 0 aromatic rings. The molecular formula is C14H27NO7S. The van der Waals surface area contributed by atoms with Crippen LogP contribution in [0.2, 0.25) is 0 Å². The van der Waals surface area contributed by atoms with Gasteiger partial charge >= 0.3 is 5.97 Å². The number of hydrogen-bond acceptors (Lipinski definition) is 7. The molecule has 0 bridgehead atoms. The lowest BCUT2D eigenvalue weighted by Gasteiger charge is -2.21. The summed E-state index contributed by atoms with van der Waals surface area (Å²) in [4.78, 5) is 23.6. The lowest BCUT2D eigenvalue weighted by molar-refractivity contribution is -0.145. The topological polar surface area (TPSA) is 108 Å². The van der Waals surface area contributed by atoms with Gasteiger partial charge in [-0.2, -0.15) is 8.42 Å². The average molecular weight is 353 g/mol. The first-order valence-corrected chi connectivity index (χ1v) is 9.05. The van der Waals surface area contributed by atoms with Crippen molar-refractivity contribution in [2.75, 3.05) is 33.2 Å². The predicted molar refractivity (Wildman–Crippen MR) is 84.3 cm³/mol. The summed E-state index contributed by atoms with van der Waals surface area (Å²) in [5, 5.41) is 2.62. The molecule has 0 aromatic carbocycles. The van der Waals surface area contributed by atoms with Crippen LogP contribution in [0.4, 0.5) is 0 Å². The van der Waals surface area contributed by atoms with Crippen LogP contribution in [0, 0.1) is 5.41 Å². The quantitative estimate of drug-likeness (QED) is 0.345. The number of esters is 1. The summed E-state index contributed by atoms with van der Waals surface area (Å²) in [6.45, 7) is 5.89. The smallest absolute Gasteiger partial charge is 0.328 e. The molecule has 1 N–H and O–H groups in total. The molecule has 8 nitrogen and oxygen atoms in total. The number of hydrogen-bond donors (Lipinski definition) is 1. The predicted octanol–water partition coefficient (Wildman–Crippen LogP) is 0.463. The van der Waals surface area contributed by atoms with Crippen LogP contribution < -0.4 is 5.32 Å². The van der Waals surface area contributed by atoms with Crippen molar-refractivity contribution >= 4 is 22.0 Å². The number of rotatable bonds is 10. The molecule has 0 aromatic heterocycles. The van der Waals surface area contributed by atoms with Crippen LogP contribution >= 0.6 is 0 Å². The molecule has 0 aliphatic heterocycles. The third kappa shape index (κ3) is 13.0. The minimum Gasteiger partial charge on any atom is -0.467 e. The van der Waals surface area contributed by atoms with E-state index in [2.05, 4.69) is 14.2 Å². The monoisotopic (exact) mass is 353 g/mol. The van der Waals surface area contributed by atoms with E-state index in [9.17, 15) is 18.0 Å². The van der Waals surface area contributed by atoms with E-state index < -0.39 is 22.1 Å². The van der Waals surface area contributed by atoms with E-state index in [4.69, 9.17) is 4.74 Å². The van der Waals surface area contributed by atoms with Gasteiger partial charge in [0.1, 0.15) is 6.04 Å². The number of carbonyl (C=O) groups is 2. The Morgan fingerprint density at radius 1 is 1.13 bits per heavy atom. The molecule has 136 valence electrons. The van der Waals surface area contributed by atoms with Gasteiger partial charge in [-0.1, -0.05) is 20.8 Å². The lowest BCUT2D eigenvalue weighted by Crippen LogP contribution is -2.43. The fourth-order valence-corrected chi connectivity index (χ4v) is 2.04. The summed E-state index contributed by atoms with van der Waals surface area (Å²) < 4.78 is 35.8. The van der Waals surface area contributed by atoms with Crippen molar-refractivity contribution in [2.45, 2.75) is 39.7 Å². The Morgan fingerprint density at radius 3 is 2.22 bits per heavy atom. The molecule has 0 saturated carbocycles. The third-order valence-electron chi connectivity index (χ3n) is 2.59. The van der Waals surface area contributed by atoms with E-state index in [0.29, 0.717) is 0 Å². The lowest BCUT2D eigenvalue weighted by atomic mass is 9.92. The molecule has 0 rings (SSSR count). The molecule has 0 radical (unpaired) electrons. The maximum Gasteiger partial charge on any atom is 0.328 e. The van der Waals surface area contributed by atoms with Gasteiger partial charge in [-0.25, -0.2) is 4.79 Å². The van der Waals surface area contributed by atoms with Crippen LogP contribution in [0.5, 0.6) is 0 Å². The van der Waals surface area contributed by atoms with Crippen LogP contribution in [-0.2, 0) is 33.4 Å². The second kappa shape index (κ2) is 9.84. The van der Waals surface area contributed by atoms with Gasteiger partial charge in [-0.15, -0.1) is 0 Å². The SMILES string of the molecule is COC(=O)C(CCOCCOS(C)(=O)=O)NC(=O)CC(C)(C)C. The molecule has 1 unspecified atom stereocenters. The van der Waals surface area contributed by atoms with Gasteiger partial charge in [0.05, 0.1) is 26.6 Å². The van der Waals surface area contributed by atoms with Crippen LogP contribution in [-0.4, -0.2) is 59.5 Å². The van der Waals surface area contributed by atoms with Gasteiger partial charge in [-0.3, -0.25) is 8.98 Å². The fraction of sp³-hybridized carbons (Fsp3) is 0.857. The molecule has 1 atom stereocenters. The molecule has 0 aliphatic carbocycles. The first-order chi connectivity index (χ1) is 10.4. The van der Waals surface area contributed by atoms with Crippen molar-refractivity contribution in [3.63, 3.8) is 0 Å². The second-order valence-electron chi connectivity index (χ2n) is 6.31. The van der Waals surface area contributed by atoms with Crippen LogP contribution in [0.25, 0.3) is 0 Å². The number of nitrogens with one attached hydrogen (secondary N) is 1. The van der Waals surface area contributed by atoms with Gasteiger partial charge in [-0.05, 0) is 5.41 Å². The Bertz CT molecular complexity index is 482. The summed E-state index contributed by atoms with van der Waals surface area (Å²) in [7, 11) is -2.25. The summed E-state index contributed by atoms with van der Waals surface area (Å²) >= 11 is 0. The maximum atomic E-state index is 11.9. The summed E-state index contributed by atoms with van der Waals surface area (Å²) in [6.07, 6.45) is 1.45. The highest BCUT2D eigenvalue weighted by Gasteiger charge is 2.24. The van der Waals surface area contributed by atoms with E-state index >= 15 is 0 Å². The minimum atomic E-state index is -3.49. The molecule has 1 amide bonds. The molecule has 0 saturated heterocycles. The van der Waals surface area contributed by atoms with Gasteiger partial charge in [0.25, 0.3) is 10.1 Å². The standard InChI is InChI=1S/C14H27NO7S/c1-14(2,3)10-12(16)15-11(13(17)20-4)6-7-21-8-9-22-23(5,18)19/h11H,6-10H2,1-5H3,(H,15,16). The van der Waals surface area contributed by atoms with Crippen molar-refractivity contribution < 1.29 is 31.7 Å². The Morgan fingerprint density at radius 2 is 1.74 bits per heavy atom. The Hall–Kier alpha value is -1.19. The minimum absolute atomic E-state index is 0.0664. The molecule has 23 heavy (non-hydrogen) atoms. The van der Waals surface area contributed by atoms with Crippen molar-refractivity contribution in [2.24, 2.45) is 5.41 Å². The number of amides is 1. The van der Waals surface area contributed by atoms with Crippen molar-refractivity contribution in [1.29, 1.82) is 0 Å². The maximum absolute atomic E-state index is 11.9. The van der Waals surface area contributed by atoms with E-state index in [0.717, 1.165) is 6.26 Å². The largest absolute Gasteiger partial charge is 0.467 e. The van der Waals surface area contributed by atoms with Gasteiger partial charge in [0.2, 0.25) is 5.91 Å². The zero-order valence-electron chi connectivity index (χ0n) is 14.4. The normalized spacial score (nSPS) is 13.4. The van der Waals surface area contributed by atoms with E-state index in [-0.39, 0.29) is 44.0 Å². The molecule has 0 spiro atoms. The first kappa shape index (κ1) is 21.8. The zero-order chi connectivity index (χ0) is 18.1. The molecule has 0 heterocycles. The third-order valence-corrected chi connectivity index (χ3v) is 3.18. The number of methoxy groups -OCH3 is 1. The number of carbonyl (C=O) groups excluding carboxylic acids is 2. The Kier molecular flexibility index (Phi) is 9.33. The molecule has 0 fully saturated rings. The molecule has 0 aliphatic rings. The Balaban J connectivity index is 4.21. The highest BCUT2D eigenvalue weighted by molar-refractivity contribution is 7.85. The molecule has 9 heteroatoms. The highest BCUT2D eigenvalue weighted by atomic mass is 32.2. The highest BCUT2D eigenvalue weighted by Crippen LogP contribution is 2.18. The summed E-state index contributed by atoms with van der Waals surface area (Å²) in [5.74, 6) is -0.795. The zero-order valence-corrected chi connectivity index (χ0v) is 15.2. The van der Waals surface area contributed by atoms with Gasteiger partial charge in [0.15, 0.2) is 0 Å². The average Bonchev–Trinajstić information content (AvgIpc) is 2.37. The van der Waals surface area contributed by atoms with Crippen LogP contribution in [0.3, 0.4) is 0 Å². The van der Waals surface area contributed by atoms with Crippen molar-refractivity contribution in [1.82, 2.24) is 5.32 Å². The van der Waals surface area contributed by atoms with E-state index in [1.807, 2.05) is 20.8 Å². The van der Waals surface area contributed by atoms with Gasteiger partial charge < -0.3 is 14.8 Å². The summed E-state index contributed by atoms with van der Waals surface area (Å²) in [6, 6.07) is -0.800. The first-order valence-electron chi connectivity index (χ1n) is 7.24. The van der Waals surface area contributed by atoms with Crippen LogP contribution in [0.15, 0.2) is 0 Å². The number of ether oxygens (including phenoxy) is 2. The molecular weight excluding hydrogens is 326 g/mol. The van der Waals surface area contributed by atoms with Crippen molar-refractivity contribution in [3.05, 3.63) is 0 Å². The Labute approximate surface area is 138 Å². The van der Waals surface area contributed by atoms with E-state index in [1.165, 1.54) is 7.11 Å². The second-order valence-corrected chi connectivity index (χ2v) is 7.95.